The van der Waals surface area contributed by atoms with Gasteiger partial charge in [-0.2, -0.15) is 0 Å². The third-order valence-electron chi connectivity index (χ3n) is 3.38. The molecule has 0 spiro atoms. The van der Waals surface area contributed by atoms with Crippen LogP contribution in [-0.4, -0.2) is 11.9 Å². The summed E-state index contributed by atoms with van der Waals surface area (Å²) in [6.07, 6.45) is 3.24. The minimum atomic E-state index is -0.967. The summed E-state index contributed by atoms with van der Waals surface area (Å²) in [6.45, 7) is 0. The van der Waals surface area contributed by atoms with Gasteiger partial charge in [0, 0.05) is 34.3 Å². The summed E-state index contributed by atoms with van der Waals surface area (Å²) in [5, 5.41) is 20.2. The Balaban J connectivity index is 0.000000443. The first-order valence-electron chi connectivity index (χ1n) is 8.05. The number of carboxylic acids is 2. The first-order chi connectivity index (χ1) is 11.6. The van der Waals surface area contributed by atoms with E-state index in [1.165, 1.54) is 11.1 Å². The normalized spacial score (nSPS) is 9.28. The number of aliphatic carboxylic acids is 2. The van der Waals surface area contributed by atoms with Crippen LogP contribution in [0, 0.1) is 0 Å². The van der Waals surface area contributed by atoms with Crippen LogP contribution >= 0.6 is 0 Å². The summed E-state index contributed by atoms with van der Waals surface area (Å²) in [7, 11) is 0. The maximum atomic E-state index is 10.1. The largest absolute Gasteiger partial charge is 0.550 e. The Hall–Kier alpha value is -1.88. The van der Waals surface area contributed by atoms with Crippen molar-refractivity contribution in [2.75, 3.05) is 0 Å². The van der Waals surface area contributed by atoms with E-state index in [0.717, 1.165) is 12.8 Å². The molecule has 0 aliphatic rings. The average molecular weight is 434 g/mol. The number of hydrogen-bond acceptors (Lipinski definition) is 4. The minimum Gasteiger partial charge on any atom is -0.550 e. The molecule has 0 aliphatic carbocycles. The molecule has 0 amide bonds. The summed E-state index contributed by atoms with van der Waals surface area (Å²) >= 11 is 0. The fraction of sp³-hybridized carbons (Fsp3) is 0.300. The molecule has 0 saturated heterocycles. The number of benzene rings is 2. The van der Waals surface area contributed by atoms with Gasteiger partial charge in [-0.15, -0.1) is 0 Å². The molecule has 2 aromatic rings. The molecule has 0 heterocycles. The van der Waals surface area contributed by atoms with Crippen molar-refractivity contribution in [3.8, 4) is 0 Å². The zero-order valence-corrected chi connectivity index (χ0v) is 15.4. The van der Waals surface area contributed by atoms with Gasteiger partial charge >= 0.3 is 0 Å². The van der Waals surface area contributed by atoms with E-state index in [4.69, 9.17) is 0 Å². The molecule has 0 unspecified atom stereocenters. The van der Waals surface area contributed by atoms with Gasteiger partial charge in [-0.05, 0) is 49.7 Å². The molecule has 0 aliphatic heterocycles. The Morgan fingerprint density at radius 1 is 0.640 bits per heavy atom. The predicted octanol–water partition coefficient (Wildman–Crippen LogP) is 1.52. The van der Waals surface area contributed by atoms with Crippen molar-refractivity contribution < 1.29 is 42.2 Å². The Bertz CT molecular complexity index is 544. The minimum absolute atomic E-state index is 0. The number of rotatable bonds is 8. The first-order valence-corrected chi connectivity index (χ1v) is 8.05. The summed E-state index contributed by atoms with van der Waals surface area (Å²) in [6, 6.07) is 19.7. The van der Waals surface area contributed by atoms with Gasteiger partial charge in [0.1, 0.15) is 0 Å². The summed E-state index contributed by atoms with van der Waals surface area (Å²) in [4.78, 5) is 20.2. The molecule has 4 nitrogen and oxygen atoms in total. The number of hydrogen-bond donors (Lipinski definition) is 0. The molecular weight excluding hydrogens is 412 g/mol. The molecule has 25 heavy (non-hydrogen) atoms. The number of carbonyl (C=O) groups excluding carboxylic acids is 2. The van der Waals surface area contributed by atoms with Gasteiger partial charge in [-0.3, -0.25) is 0 Å². The molecule has 2 aromatic carbocycles. The second-order valence-electron chi connectivity index (χ2n) is 5.42. The van der Waals surface area contributed by atoms with Crippen molar-refractivity contribution >= 4 is 11.9 Å². The molecule has 0 fully saturated rings. The van der Waals surface area contributed by atoms with Gasteiger partial charge in [0.25, 0.3) is 0 Å². The maximum Gasteiger partial charge on any atom is 0.0414 e. The van der Waals surface area contributed by atoms with Crippen molar-refractivity contribution in [1.29, 1.82) is 0 Å². The van der Waals surface area contributed by atoms with E-state index in [1.807, 2.05) is 60.7 Å². The third-order valence-corrected chi connectivity index (χ3v) is 3.38. The SMILES string of the molecule is O=C([O-])CCCc1ccccc1.O=C([O-])CCCc1ccccc1.[Ag]. The van der Waals surface area contributed by atoms with Crippen molar-refractivity contribution in [1.82, 2.24) is 0 Å². The molecular formula is C20H22AgO4-2. The fourth-order valence-electron chi connectivity index (χ4n) is 2.16. The maximum absolute atomic E-state index is 10.1. The van der Waals surface area contributed by atoms with Crippen LogP contribution < -0.4 is 10.2 Å². The molecule has 0 atom stereocenters. The topological polar surface area (TPSA) is 80.3 Å². The number of aryl methyl sites for hydroxylation is 2. The Morgan fingerprint density at radius 3 is 1.24 bits per heavy atom. The van der Waals surface area contributed by atoms with Gasteiger partial charge in [-0.1, -0.05) is 60.7 Å². The Morgan fingerprint density at radius 2 is 0.960 bits per heavy atom. The predicted molar refractivity (Wildman–Crippen MR) is 88.8 cm³/mol. The summed E-state index contributed by atoms with van der Waals surface area (Å²) in [5.74, 6) is -1.93. The third kappa shape index (κ3) is 13.1. The molecule has 2 rings (SSSR count). The molecule has 139 valence electrons. The van der Waals surface area contributed by atoms with Gasteiger partial charge in [0.15, 0.2) is 0 Å². The smallest absolute Gasteiger partial charge is 0.0414 e. The van der Waals surface area contributed by atoms with Gasteiger partial charge in [-0.25, -0.2) is 0 Å². The van der Waals surface area contributed by atoms with E-state index < -0.39 is 11.9 Å². The van der Waals surface area contributed by atoms with Gasteiger partial charge < -0.3 is 19.8 Å². The Kier molecular flexibility index (Phi) is 13.4. The van der Waals surface area contributed by atoms with E-state index in [9.17, 15) is 19.8 Å². The summed E-state index contributed by atoms with van der Waals surface area (Å²) < 4.78 is 0. The average Bonchev–Trinajstić information content (AvgIpc) is 2.57. The van der Waals surface area contributed by atoms with Crippen LogP contribution in [0.2, 0.25) is 0 Å². The first kappa shape index (κ1) is 23.1. The molecule has 0 N–H and O–H groups in total. The van der Waals surface area contributed by atoms with Crippen LogP contribution in [0.15, 0.2) is 60.7 Å². The summed E-state index contributed by atoms with van der Waals surface area (Å²) in [5.41, 5.74) is 2.36. The molecule has 0 aromatic heterocycles. The van der Waals surface area contributed by atoms with Crippen LogP contribution in [0.4, 0.5) is 0 Å². The van der Waals surface area contributed by atoms with Crippen molar-refractivity contribution in [3.05, 3.63) is 71.8 Å². The van der Waals surface area contributed by atoms with Crippen LogP contribution in [0.1, 0.15) is 36.8 Å². The van der Waals surface area contributed by atoms with E-state index >= 15 is 0 Å². The van der Waals surface area contributed by atoms with Crippen LogP contribution in [0.3, 0.4) is 0 Å². The second kappa shape index (κ2) is 14.5. The molecule has 1 radical (unpaired) electrons. The van der Waals surface area contributed by atoms with Gasteiger partial charge in [0.2, 0.25) is 0 Å². The van der Waals surface area contributed by atoms with Gasteiger partial charge in [0.05, 0.1) is 0 Å². The zero-order valence-electron chi connectivity index (χ0n) is 14.0. The standard InChI is InChI=1S/2C10H12O2.Ag/c2*11-10(12)8-4-7-9-5-2-1-3-6-9;/h2*1-3,5-6H,4,7-8H2,(H,11,12);/p-2. The second-order valence-corrected chi connectivity index (χ2v) is 5.42. The quantitative estimate of drug-likeness (QED) is 0.591. The van der Waals surface area contributed by atoms with E-state index in [1.54, 1.807) is 0 Å². The molecule has 5 heteroatoms. The van der Waals surface area contributed by atoms with Crippen molar-refractivity contribution in [3.63, 3.8) is 0 Å². The van der Waals surface area contributed by atoms with Crippen LogP contribution in [0.5, 0.6) is 0 Å². The fourth-order valence-corrected chi connectivity index (χ4v) is 2.16. The van der Waals surface area contributed by atoms with E-state index in [-0.39, 0.29) is 35.2 Å². The van der Waals surface area contributed by atoms with E-state index in [2.05, 4.69) is 0 Å². The number of carbonyl (C=O) groups is 2. The monoisotopic (exact) mass is 433 g/mol. The Labute approximate surface area is 164 Å². The zero-order chi connectivity index (χ0) is 17.6. The van der Waals surface area contributed by atoms with Crippen LogP contribution in [-0.2, 0) is 44.8 Å². The van der Waals surface area contributed by atoms with Crippen LogP contribution in [0.25, 0.3) is 0 Å². The van der Waals surface area contributed by atoms with Crippen molar-refractivity contribution in [2.45, 2.75) is 38.5 Å². The number of carboxylic acid groups (broad SMARTS) is 2. The van der Waals surface area contributed by atoms with Crippen molar-refractivity contribution in [2.24, 2.45) is 0 Å². The van der Waals surface area contributed by atoms with E-state index in [0.29, 0.717) is 12.8 Å². The molecule has 0 saturated carbocycles. The molecule has 0 bridgehead atoms.